The molecule has 0 unspecified atom stereocenters. The average Bonchev–Trinajstić information content (AvgIpc) is 2.65. The minimum atomic E-state index is -0.548. The first-order valence-corrected chi connectivity index (χ1v) is 9.10. The van der Waals surface area contributed by atoms with Gasteiger partial charge in [-0.25, -0.2) is 4.79 Å². The van der Waals surface area contributed by atoms with E-state index in [2.05, 4.69) is 0 Å². The van der Waals surface area contributed by atoms with Crippen LogP contribution in [0, 0.1) is 0 Å². The molecule has 0 amide bonds. The van der Waals surface area contributed by atoms with E-state index in [-0.39, 0.29) is 12.4 Å². The summed E-state index contributed by atoms with van der Waals surface area (Å²) >= 11 is 1.65. The molecule has 2 rings (SSSR count). The number of hydrogen-bond acceptors (Lipinski definition) is 5. The molecule has 0 spiro atoms. The molecule has 4 nitrogen and oxygen atoms in total. The quantitative estimate of drug-likeness (QED) is 0.306. The third kappa shape index (κ3) is 6.12. The van der Waals surface area contributed by atoms with Crippen molar-refractivity contribution in [1.82, 2.24) is 0 Å². The van der Waals surface area contributed by atoms with Crippen molar-refractivity contribution in [3.8, 4) is 5.75 Å². The highest BCUT2D eigenvalue weighted by atomic mass is 32.2. The lowest BCUT2D eigenvalue weighted by atomic mass is 10.1. The number of carbonyl (C=O) groups is 2. The Morgan fingerprint density at radius 2 is 1.72 bits per heavy atom. The van der Waals surface area contributed by atoms with Gasteiger partial charge in [-0.05, 0) is 61.2 Å². The molecular weight excluding hydrogens is 336 g/mol. The van der Waals surface area contributed by atoms with Crippen molar-refractivity contribution in [3.05, 3.63) is 65.7 Å². The summed E-state index contributed by atoms with van der Waals surface area (Å²) in [5.74, 6) is -0.103. The van der Waals surface area contributed by atoms with E-state index >= 15 is 0 Å². The highest BCUT2D eigenvalue weighted by Gasteiger charge is 2.08. The number of ketones is 1. The summed E-state index contributed by atoms with van der Waals surface area (Å²) in [6.45, 7) is 2.17. The zero-order valence-corrected chi connectivity index (χ0v) is 15.0. The van der Waals surface area contributed by atoms with Gasteiger partial charge in [0.25, 0.3) is 0 Å². The fraction of sp³-hybridized carbons (Fsp3) is 0.200. The molecule has 0 radical (unpaired) electrons. The van der Waals surface area contributed by atoms with Crippen molar-refractivity contribution in [2.45, 2.75) is 11.8 Å². The molecule has 0 aromatic heterocycles. The Hall–Kier alpha value is -2.53. The van der Waals surface area contributed by atoms with Gasteiger partial charge in [0.2, 0.25) is 0 Å². The van der Waals surface area contributed by atoms with Gasteiger partial charge in [0.05, 0.1) is 6.61 Å². The van der Waals surface area contributed by atoms with E-state index in [9.17, 15) is 9.59 Å². The monoisotopic (exact) mass is 356 g/mol. The largest absolute Gasteiger partial charge is 0.494 e. The van der Waals surface area contributed by atoms with Gasteiger partial charge in [0.15, 0.2) is 12.4 Å². The molecule has 25 heavy (non-hydrogen) atoms. The summed E-state index contributed by atoms with van der Waals surface area (Å²) in [5.41, 5.74) is 1.38. The highest BCUT2D eigenvalue weighted by molar-refractivity contribution is 7.98. The Balaban J connectivity index is 1.83. The summed E-state index contributed by atoms with van der Waals surface area (Å²) in [4.78, 5) is 24.9. The Morgan fingerprint density at radius 3 is 2.32 bits per heavy atom. The maximum atomic E-state index is 12.0. The fourth-order valence-corrected chi connectivity index (χ4v) is 2.46. The summed E-state index contributed by atoms with van der Waals surface area (Å²) in [7, 11) is 0. The topological polar surface area (TPSA) is 52.6 Å². The van der Waals surface area contributed by atoms with Crippen LogP contribution in [0.15, 0.2) is 59.5 Å². The normalized spacial score (nSPS) is 10.6. The van der Waals surface area contributed by atoms with E-state index in [1.54, 1.807) is 42.1 Å². The van der Waals surface area contributed by atoms with Crippen LogP contribution in [0.1, 0.15) is 22.8 Å². The number of Topliss-reactive ketones (excluding diaryl/α,β-unsaturated/α-hetero) is 1. The molecular formula is C20H20O4S. The summed E-state index contributed by atoms with van der Waals surface area (Å²) < 4.78 is 10.3. The molecule has 0 saturated heterocycles. The van der Waals surface area contributed by atoms with Gasteiger partial charge in [-0.2, -0.15) is 0 Å². The predicted molar refractivity (Wildman–Crippen MR) is 100 cm³/mol. The lowest BCUT2D eigenvalue weighted by Gasteiger charge is -2.05. The Kier molecular flexibility index (Phi) is 7.29. The molecule has 130 valence electrons. The van der Waals surface area contributed by atoms with E-state index in [4.69, 9.17) is 9.47 Å². The average molecular weight is 356 g/mol. The Labute approximate surface area is 151 Å². The minimum absolute atomic E-state index is 0.255. The number of ether oxygens (including phenoxy) is 2. The molecule has 0 saturated carbocycles. The minimum Gasteiger partial charge on any atom is -0.494 e. The van der Waals surface area contributed by atoms with E-state index in [1.807, 2.05) is 37.4 Å². The zero-order valence-electron chi connectivity index (χ0n) is 14.2. The molecule has 0 N–H and O–H groups in total. The van der Waals surface area contributed by atoms with Gasteiger partial charge >= 0.3 is 5.97 Å². The molecule has 0 heterocycles. The van der Waals surface area contributed by atoms with E-state index in [0.29, 0.717) is 17.9 Å². The van der Waals surface area contributed by atoms with Crippen molar-refractivity contribution < 1.29 is 19.1 Å². The van der Waals surface area contributed by atoms with Crippen LogP contribution in [0.25, 0.3) is 6.08 Å². The molecule has 0 atom stereocenters. The van der Waals surface area contributed by atoms with Gasteiger partial charge in [-0.3, -0.25) is 4.79 Å². The SMILES string of the molecule is CCOc1ccc(C(=O)COC(=O)/C=C/c2ccc(SC)cc2)cc1. The maximum absolute atomic E-state index is 12.0. The summed E-state index contributed by atoms with van der Waals surface area (Å²) in [5, 5.41) is 0. The lowest BCUT2D eigenvalue weighted by Crippen LogP contribution is -2.12. The highest BCUT2D eigenvalue weighted by Crippen LogP contribution is 2.15. The van der Waals surface area contributed by atoms with Crippen LogP contribution in [0.2, 0.25) is 0 Å². The van der Waals surface area contributed by atoms with Crippen LogP contribution in [0.5, 0.6) is 5.75 Å². The molecule has 0 aliphatic heterocycles. The summed E-state index contributed by atoms with van der Waals surface area (Å²) in [6, 6.07) is 14.5. The molecule has 2 aromatic rings. The van der Waals surface area contributed by atoms with Crippen LogP contribution in [-0.2, 0) is 9.53 Å². The Morgan fingerprint density at radius 1 is 1.04 bits per heavy atom. The molecule has 5 heteroatoms. The van der Waals surface area contributed by atoms with Crippen molar-refractivity contribution in [1.29, 1.82) is 0 Å². The molecule has 0 aliphatic rings. The number of hydrogen-bond donors (Lipinski definition) is 0. The van der Waals surface area contributed by atoms with Crippen molar-refractivity contribution in [3.63, 3.8) is 0 Å². The number of rotatable bonds is 8. The molecule has 0 aliphatic carbocycles. The van der Waals surface area contributed by atoms with Gasteiger partial charge in [-0.15, -0.1) is 11.8 Å². The van der Waals surface area contributed by atoms with Crippen molar-refractivity contribution >= 4 is 29.6 Å². The van der Waals surface area contributed by atoms with Crippen LogP contribution in [-0.4, -0.2) is 31.2 Å². The van der Waals surface area contributed by atoms with Crippen LogP contribution >= 0.6 is 11.8 Å². The van der Waals surface area contributed by atoms with E-state index in [0.717, 1.165) is 10.5 Å². The van der Waals surface area contributed by atoms with Gasteiger partial charge in [0, 0.05) is 16.5 Å². The van der Waals surface area contributed by atoms with E-state index in [1.165, 1.54) is 6.08 Å². The number of benzene rings is 2. The van der Waals surface area contributed by atoms with E-state index < -0.39 is 5.97 Å². The Bertz CT molecular complexity index is 733. The van der Waals surface area contributed by atoms with Crippen LogP contribution in [0.4, 0.5) is 0 Å². The second-order valence-electron chi connectivity index (χ2n) is 5.09. The van der Waals surface area contributed by atoms with Crippen LogP contribution < -0.4 is 4.74 Å². The fourth-order valence-electron chi connectivity index (χ4n) is 2.05. The van der Waals surface area contributed by atoms with Gasteiger partial charge in [0.1, 0.15) is 5.75 Å². The lowest BCUT2D eigenvalue weighted by molar-refractivity contribution is -0.136. The third-order valence-corrected chi connectivity index (χ3v) is 4.10. The van der Waals surface area contributed by atoms with Crippen molar-refractivity contribution in [2.24, 2.45) is 0 Å². The maximum Gasteiger partial charge on any atom is 0.331 e. The second kappa shape index (κ2) is 9.69. The third-order valence-electron chi connectivity index (χ3n) is 3.36. The first kappa shape index (κ1) is 18.8. The first-order chi connectivity index (χ1) is 12.1. The smallest absolute Gasteiger partial charge is 0.331 e. The van der Waals surface area contributed by atoms with Crippen molar-refractivity contribution in [2.75, 3.05) is 19.5 Å². The molecule has 2 aromatic carbocycles. The second-order valence-corrected chi connectivity index (χ2v) is 5.97. The summed E-state index contributed by atoms with van der Waals surface area (Å²) in [6.07, 6.45) is 4.98. The zero-order chi connectivity index (χ0) is 18.1. The standard InChI is InChI=1S/C20H20O4S/c1-3-23-17-9-7-16(8-10-17)19(21)14-24-20(22)13-6-15-4-11-18(25-2)12-5-15/h4-13H,3,14H2,1-2H3/b13-6+. The molecule has 0 bridgehead atoms. The molecule has 0 fully saturated rings. The number of carbonyl (C=O) groups excluding carboxylic acids is 2. The van der Waals surface area contributed by atoms with Gasteiger partial charge in [-0.1, -0.05) is 12.1 Å². The predicted octanol–water partition coefficient (Wildman–Crippen LogP) is 4.25. The number of thioether (sulfide) groups is 1. The van der Waals surface area contributed by atoms with Crippen LogP contribution in [0.3, 0.4) is 0 Å². The van der Waals surface area contributed by atoms with Gasteiger partial charge < -0.3 is 9.47 Å². The number of esters is 1. The first-order valence-electron chi connectivity index (χ1n) is 7.87.